The zero-order valence-electron chi connectivity index (χ0n) is 64.4. The summed E-state index contributed by atoms with van der Waals surface area (Å²) in [5.41, 5.74) is 0. The van der Waals surface area contributed by atoms with Crippen molar-refractivity contribution in [3.8, 4) is 0 Å². The van der Waals surface area contributed by atoms with Crippen LogP contribution < -0.4 is 0 Å². The molecule has 0 spiro atoms. The zero-order valence-corrected chi connectivity index (χ0v) is 66.2. The lowest BCUT2D eigenvalue weighted by atomic mass is 9.99. The number of hydrogen-bond donors (Lipinski definition) is 3. The van der Waals surface area contributed by atoms with E-state index in [0.717, 1.165) is 114 Å². The summed E-state index contributed by atoms with van der Waals surface area (Å²) in [4.78, 5) is 73.0. The van der Waals surface area contributed by atoms with Gasteiger partial charge in [0.1, 0.15) is 19.3 Å². The first-order valence-corrected chi connectivity index (χ1v) is 43.7. The summed E-state index contributed by atoms with van der Waals surface area (Å²) in [6.45, 7) is 14.2. The molecule has 0 aliphatic rings. The number of unbranched alkanes of at least 4 members (excludes halogenated alkanes) is 41. The molecule has 0 bridgehead atoms. The van der Waals surface area contributed by atoms with Gasteiger partial charge in [0, 0.05) is 25.7 Å². The van der Waals surface area contributed by atoms with E-state index in [1.165, 1.54) is 205 Å². The number of phosphoric ester groups is 2. The van der Waals surface area contributed by atoms with E-state index in [1.54, 1.807) is 0 Å². The number of rotatable bonds is 76. The van der Waals surface area contributed by atoms with Crippen molar-refractivity contribution < 1.29 is 80.2 Å². The van der Waals surface area contributed by atoms with Crippen molar-refractivity contribution in [2.45, 2.75) is 420 Å². The summed E-state index contributed by atoms with van der Waals surface area (Å²) in [5.74, 6) is 0.988. The van der Waals surface area contributed by atoms with Gasteiger partial charge in [-0.3, -0.25) is 37.3 Å². The van der Waals surface area contributed by atoms with E-state index >= 15 is 0 Å². The van der Waals surface area contributed by atoms with Crippen LogP contribution >= 0.6 is 15.6 Å². The van der Waals surface area contributed by atoms with Gasteiger partial charge >= 0.3 is 39.5 Å². The van der Waals surface area contributed by atoms with Crippen LogP contribution in [-0.2, 0) is 65.4 Å². The molecule has 3 N–H and O–H groups in total. The van der Waals surface area contributed by atoms with Crippen molar-refractivity contribution >= 4 is 39.5 Å². The molecule has 0 radical (unpaired) electrons. The van der Waals surface area contributed by atoms with Crippen molar-refractivity contribution in [2.75, 3.05) is 39.6 Å². The zero-order chi connectivity index (χ0) is 72.4. The second-order valence-electron chi connectivity index (χ2n) is 30.1. The number of esters is 4. The summed E-state index contributed by atoms with van der Waals surface area (Å²) in [6.07, 6.45) is 54.0. The van der Waals surface area contributed by atoms with Crippen LogP contribution in [0.2, 0.25) is 0 Å². The minimum Gasteiger partial charge on any atom is -0.462 e. The van der Waals surface area contributed by atoms with Gasteiger partial charge in [-0.2, -0.15) is 0 Å². The molecule has 0 aliphatic heterocycles. The van der Waals surface area contributed by atoms with Gasteiger partial charge in [-0.25, -0.2) is 9.13 Å². The molecular weight excluding hydrogens is 1280 g/mol. The lowest BCUT2D eigenvalue weighted by Crippen LogP contribution is -2.30. The second kappa shape index (κ2) is 68.2. The highest BCUT2D eigenvalue weighted by atomic mass is 31.2. The van der Waals surface area contributed by atoms with Crippen LogP contribution in [-0.4, -0.2) is 96.7 Å². The minimum absolute atomic E-state index is 0.105. The van der Waals surface area contributed by atoms with Gasteiger partial charge in [0.05, 0.1) is 26.4 Å². The van der Waals surface area contributed by atoms with Gasteiger partial charge in [0.25, 0.3) is 0 Å². The lowest BCUT2D eigenvalue weighted by molar-refractivity contribution is -0.161. The molecule has 0 aromatic heterocycles. The number of aliphatic hydroxyl groups excluding tert-OH is 1. The van der Waals surface area contributed by atoms with Gasteiger partial charge in [0.15, 0.2) is 12.2 Å². The van der Waals surface area contributed by atoms with Crippen molar-refractivity contribution in [1.82, 2.24) is 0 Å². The van der Waals surface area contributed by atoms with Gasteiger partial charge in [-0.15, -0.1) is 0 Å². The quantitative estimate of drug-likeness (QED) is 0.0222. The van der Waals surface area contributed by atoms with Crippen LogP contribution in [0.4, 0.5) is 0 Å². The third-order valence-corrected chi connectivity index (χ3v) is 20.6. The normalized spacial score (nSPS) is 14.3. The molecule has 6 atom stereocenters. The Kier molecular flexibility index (Phi) is 66.8. The highest BCUT2D eigenvalue weighted by Gasteiger charge is 2.30. The smallest absolute Gasteiger partial charge is 0.462 e. The monoisotopic (exact) mass is 1440 g/mol. The van der Waals surface area contributed by atoms with Gasteiger partial charge in [-0.1, -0.05) is 351 Å². The Bertz CT molecular complexity index is 1920. The Labute approximate surface area is 600 Å². The summed E-state index contributed by atoms with van der Waals surface area (Å²) < 4.78 is 68.7. The molecule has 0 saturated heterocycles. The van der Waals surface area contributed by atoms with Gasteiger partial charge in [0.2, 0.25) is 0 Å². The molecule has 0 amide bonds. The Morgan fingerprint density at radius 3 is 0.724 bits per heavy atom. The SMILES string of the molecule is CCC(C)CCCCCCCCCCC(=O)OC[C@H](COP(=O)(O)OC[C@H](O)COP(=O)(O)OC[C@@H](COC(=O)CCCCCCCCCCCCCCC(C)C)OC(=O)CCCCCCCCCCCCCCCCCCC(C)C)OC(=O)CCCCCCCCCCCC(C)C. The first kappa shape index (κ1) is 96.1. The van der Waals surface area contributed by atoms with Crippen LogP contribution in [0, 0.1) is 23.7 Å². The maximum absolute atomic E-state index is 13.1. The summed E-state index contributed by atoms with van der Waals surface area (Å²) in [6, 6.07) is 0. The fraction of sp³-hybridized carbons (Fsp3) is 0.949. The van der Waals surface area contributed by atoms with E-state index < -0.39 is 97.5 Å². The molecule has 19 heteroatoms. The molecule has 98 heavy (non-hydrogen) atoms. The third kappa shape index (κ3) is 71.1. The molecule has 0 aromatic carbocycles. The van der Waals surface area contributed by atoms with Crippen LogP contribution in [0.1, 0.15) is 402 Å². The number of aliphatic hydroxyl groups is 1. The molecule has 0 aliphatic carbocycles. The Morgan fingerprint density at radius 2 is 0.490 bits per heavy atom. The predicted octanol–water partition coefficient (Wildman–Crippen LogP) is 23.2. The molecule has 582 valence electrons. The number of ether oxygens (including phenoxy) is 4. The van der Waals surface area contributed by atoms with Crippen LogP contribution in [0.3, 0.4) is 0 Å². The third-order valence-electron chi connectivity index (χ3n) is 18.7. The molecule has 3 unspecified atom stereocenters. The van der Waals surface area contributed by atoms with E-state index in [4.69, 9.17) is 37.0 Å². The first-order chi connectivity index (χ1) is 47.1. The van der Waals surface area contributed by atoms with Crippen molar-refractivity contribution in [3.05, 3.63) is 0 Å². The summed E-state index contributed by atoms with van der Waals surface area (Å²) in [5, 5.41) is 10.6. The van der Waals surface area contributed by atoms with Crippen molar-refractivity contribution in [3.63, 3.8) is 0 Å². The van der Waals surface area contributed by atoms with E-state index in [9.17, 15) is 43.2 Å². The largest absolute Gasteiger partial charge is 0.472 e. The number of carbonyl (C=O) groups excluding carboxylic acids is 4. The maximum Gasteiger partial charge on any atom is 0.472 e. The van der Waals surface area contributed by atoms with Crippen LogP contribution in [0.25, 0.3) is 0 Å². The van der Waals surface area contributed by atoms with E-state index in [2.05, 4.69) is 55.4 Å². The number of carbonyl (C=O) groups is 4. The molecule has 17 nitrogen and oxygen atoms in total. The summed E-state index contributed by atoms with van der Waals surface area (Å²) in [7, 11) is -9.92. The topological polar surface area (TPSA) is 237 Å². The summed E-state index contributed by atoms with van der Waals surface area (Å²) >= 11 is 0. The number of hydrogen-bond acceptors (Lipinski definition) is 15. The highest BCUT2D eigenvalue weighted by molar-refractivity contribution is 7.47. The van der Waals surface area contributed by atoms with Crippen molar-refractivity contribution in [1.29, 1.82) is 0 Å². The molecule has 0 aromatic rings. The lowest BCUT2D eigenvalue weighted by Gasteiger charge is -2.21. The highest BCUT2D eigenvalue weighted by Crippen LogP contribution is 2.45. The fourth-order valence-electron chi connectivity index (χ4n) is 12.0. The predicted molar refractivity (Wildman–Crippen MR) is 400 cm³/mol. The second-order valence-corrected chi connectivity index (χ2v) is 33.0. The molecular formula is C79H154O17P2. The van der Waals surface area contributed by atoms with Crippen LogP contribution in [0.15, 0.2) is 0 Å². The standard InChI is InChI=1S/C79H154O17P2/c1-9-72(8)58-50-42-34-29-30-36-44-52-60-77(82)90-66-75(96-79(84)62-54-46-38-28-22-25-33-41-49-57-71(6)7)68-94-98(87,88)92-64-73(80)63-91-97(85,86)93-67-74(65-89-76(81)59-51-43-35-26-20-17-16-19-24-32-40-48-56-70(4)5)95-78(83)61-53-45-37-27-21-15-13-11-10-12-14-18-23-31-39-47-55-69(2)3/h69-75,80H,9-68H2,1-8H3,(H,85,86)(H,87,88)/t72?,73-,74-,75-/m1/s1. The van der Waals surface area contributed by atoms with Crippen LogP contribution in [0.5, 0.6) is 0 Å². The molecule has 0 rings (SSSR count). The minimum atomic E-state index is -4.96. The molecule has 0 saturated carbocycles. The average Bonchev–Trinajstić information content (AvgIpc) is 1.06. The number of phosphoric acid groups is 2. The van der Waals surface area contributed by atoms with E-state index in [-0.39, 0.29) is 25.7 Å². The molecule has 0 heterocycles. The van der Waals surface area contributed by atoms with E-state index in [1.807, 2.05) is 0 Å². The van der Waals surface area contributed by atoms with Crippen molar-refractivity contribution in [2.24, 2.45) is 23.7 Å². The van der Waals surface area contributed by atoms with Gasteiger partial charge in [-0.05, 0) is 49.4 Å². The average molecular weight is 1440 g/mol. The Hall–Kier alpha value is -1.94. The van der Waals surface area contributed by atoms with Gasteiger partial charge < -0.3 is 33.8 Å². The Morgan fingerprint density at radius 1 is 0.286 bits per heavy atom. The Balaban J connectivity index is 5.26. The molecule has 0 fully saturated rings. The fourth-order valence-corrected chi connectivity index (χ4v) is 13.6. The van der Waals surface area contributed by atoms with E-state index in [0.29, 0.717) is 25.7 Å². The first-order valence-electron chi connectivity index (χ1n) is 40.7. The maximum atomic E-state index is 13.1.